The highest BCUT2D eigenvalue weighted by atomic mass is 19.1. The minimum Gasteiger partial charge on any atom is -0.372 e. The third-order valence-electron chi connectivity index (χ3n) is 4.42. The zero-order valence-electron chi connectivity index (χ0n) is 15.9. The van der Waals surface area contributed by atoms with Gasteiger partial charge in [-0.3, -0.25) is 4.79 Å². The zero-order chi connectivity index (χ0) is 19.9. The normalized spacial score (nSPS) is 10.4. The maximum Gasteiger partial charge on any atom is 0.257 e. The fourth-order valence-corrected chi connectivity index (χ4v) is 2.85. The van der Waals surface area contributed by atoms with Gasteiger partial charge in [0.1, 0.15) is 11.6 Å². The van der Waals surface area contributed by atoms with Crippen molar-refractivity contribution >= 4 is 28.8 Å². The van der Waals surface area contributed by atoms with E-state index in [1.807, 2.05) is 24.3 Å². The average Bonchev–Trinajstić information content (AvgIpc) is 2.72. The average molecular weight is 378 g/mol. The second kappa shape index (κ2) is 8.99. The summed E-state index contributed by atoms with van der Waals surface area (Å²) in [4.78, 5) is 18.9. The summed E-state index contributed by atoms with van der Waals surface area (Å²) < 4.78 is 13.7. The fraction of sp³-hybridized carbons (Fsp3) is 0.182. The first-order chi connectivity index (χ1) is 13.6. The second-order valence-electron chi connectivity index (χ2n) is 6.21. The molecule has 0 aliphatic heterocycles. The molecule has 0 unspecified atom stereocenters. The number of benzene rings is 2. The first-order valence-electron chi connectivity index (χ1n) is 9.24. The molecule has 0 bridgehead atoms. The fourth-order valence-electron chi connectivity index (χ4n) is 2.85. The van der Waals surface area contributed by atoms with E-state index in [1.54, 1.807) is 30.3 Å². The highest BCUT2D eigenvalue weighted by molar-refractivity contribution is 6.04. The summed E-state index contributed by atoms with van der Waals surface area (Å²) in [6.07, 6.45) is 1.46. The number of hydrogen-bond donors (Lipinski definition) is 2. The van der Waals surface area contributed by atoms with Crippen LogP contribution in [0.2, 0.25) is 0 Å². The van der Waals surface area contributed by atoms with E-state index in [9.17, 15) is 9.18 Å². The third-order valence-corrected chi connectivity index (χ3v) is 4.42. The number of carbonyl (C=O) groups excluding carboxylic acids is 1. The summed E-state index contributed by atoms with van der Waals surface area (Å²) in [5.74, 6) is -0.148. The lowest BCUT2D eigenvalue weighted by Gasteiger charge is -2.21. The van der Waals surface area contributed by atoms with E-state index in [0.29, 0.717) is 17.1 Å². The minimum absolute atomic E-state index is 0.250. The van der Waals surface area contributed by atoms with Crippen molar-refractivity contribution in [2.24, 2.45) is 0 Å². The highest BCUT2D eigenvalue weighted by Gasteiger charge is 2.09. The summed E-state index contributed by atoms with van der Waals surface area (Å²) in [6, 6.07) is 17.4. The largest absolute Gasteiger partial charge is 0.372 e. The van der Waals surface area contributed by atoms with E-state index in [2.05, 4.69) is 34.4 Å². The third kappa shape index (κ3) is 4.65. The molecule has 3 rings (SSSR count). The molecule has 0 aliphatic carbocycles. The lowest BCUT2D eigenvalue weighted by molar-refractivity contribution is 0.102. The van der Waals surface area contributed by atoms with Gasteiger partial charge in [-0.2, -0.15) is 0 Å². The maximum atomic E-state index is 13.7. The van der Waals surface area contributed by atoms with Crippen LogP contribution in [0.3, 0.4) is 0 Å². The molecule has 1 aromatic heterocycles. The Morgan fingerprint density at radius 3 is 2.32 bits per heavy atom. The molecule has 144 valence electrons. The standard InChI is InChI=1S/C22H23FN4O/c1-3-27(4-2)18-12-10-17(11-13-18)25-22(28)16-9-14-21(24-15-16)26-20-8-6-5-7-19(20)23/h5-15H,3-4H2,1-2H3,(H,24,26)(H,25,28). The Morgan fingerprint density at radius 1 is 1.00 bits per heavy atom. The molecule has 0 saturated heterocycles. The monoisotopic (exact) mass is 378 g/mol. The molecule has 3 aromatic rings. The molecule has 0 aliphatic rings. The van der Waals surface area contributed by atoms with Gasteiger partial charge in [0.25, 0.3) is 5.91 Å². The Balaban J connectivity index is 1.64. The molecule has 2 N–H and O–H groups in total. The van der Waals surface area contributed by atoms with Crippen LogP contribution in [0, 0.1) is 5.82 Å². The lowest BCUT2D eigenvalue weighted by Crippen LogP contribution is -2.21. The van der Waals surface area contributed by atoms with Crippen LogP contribution in [-0.4, -0.2) is 24.0 Å². The van der Waals surface area contributed by atoms with Gasteiger partial charge in [-0.1, -0.05) is 12.1 Å². The van der Waals surface area contributed by atoms with Crippen molar-refractivity contribution in [2.45, 2.75) is 13.8 Å². The SMILES string of the molecule is CCN(CC)c1ccc(NC(=O)c2ccc(Nc3ccccc3F)nc2)cc1. The summed E-state index contributed by atoms with van der Waals surface area (Å²) in [5, 5.41) is 5.75. The Bertz CT molecular complexity index is 922. The summed E-state index contributed by atoms with van der Waals surface area (Å²) in [6.45, 7) is 6.08. The van der Waals surface area contributed by atoms with Crippen LogP contribution in [0.1, 0.15) is 24.2 Å². The quantitative estimate of drug-likeness (QED) is 0.603. The second-order valence-corrected chi connectivity index (χ2v) is 6.21. The van der Waals surface area contributed by atoms with Gasteiger partial charge in [-0.05, 0) is 62.4 Å². The van der Waals surface area contributed by atoms with E-state index < -0.39 is 0 Å². The van der Waals surface area contributed by atoms with Crippen LogP contribution in [-0.2, 0) is 0 Å². The minimum atomic E-state index is -0.362. The number of anilines is 4. The molecule has 0 fully saturated rings. The number of hydrogen-bond acceptors (Lipinski definition) is 4. The van der Waals surface area contributed by atoms with Crippen LogP contribution >= 0.6 is 0 Å². The van der Waals surface area contributed by atoms with Gasteiger partial charge in [-0.15, -0.1) is 0 Å². The van der Waals surface area contributed by atoms with Gasteiger partial charge in [0.2, 0.25) is 0 Å². The first kappa shape index (κ1) is 19.4. The van der Waals surface area contributed by atoms with Crippen LogP contribution in [0.4, 0.5) is 27.3 Å². The maximum absolute atomic E-state index is 13.7. The summed E-state index contributed by atoms with van der Waals surface area (Å²) >= 11 is 0. The number of aromatic nitrogens is 1. The molecule has 0 saturated carbocycles. The van der Waals surface area contributed by atoms with Gasteiger partial charge < -0.3 is 15.5 Å². The molecule has 6 heteroatoms. The number of nitrogens with zero attached hydrogens (tertiary/aromatic N) is 2. The molecule has 0 atom stereocenters. The number of para-hydroxylation sites is 1. The van der Waals surface area contributed by atoms with E-state index in [1.165, 1.54) is 12.3 Å². The topological polar surface area (TPSA) is 57.3 Å². The van der Waals surface area contributed by atoms with Crippen molar-refractivity contribution in [3.05, 3.63) is 78.2 Å². The van der Waals surface area contributed by atoms with Crippen molar-refractivity contribution < 1.29 is 9.18 Å². The van der Waals surface area contributed by atoms with Gasteiger partial charge >= 0.3 is 0 Å². The first-order valence-corrected chi connectivity index (χ1v) is 9.24. The zero-order valence-corrected chi connectivity index (χ0v) is 15.9. The predicted octanol–water partition coefficient (Wildman–Crippen LogP) is 5.06. The number of carbonyl (C=O) groups is 1. The molecule has 1 amide bonds. The molecule has 28 heavy (non-hydrogen) atoms. The van der Waals surface area contributed by atoms with Crippen molar-refractivity contribution in [3.8, 4) is 0 Å². The Kier molecular flexibility index (Phi) is 6.22. The van der Waals surface area contributed by atoms with E-state index in [0.717, 1.165) is 24.5 Å². The molecule has 0 radical (unpaired) electrons. The molecule has 1 heterocycles. The number of amides is 1. The number of nitrogens with one attached hydrogen (secondary N) is 2. The van der Waals surface area contributed by atoms with Crippen molar-refractivity contribution in [3.63, 3.8) is 0 Å². The Morgan fingerprint density at radius 2 is 1.71 bits per heavy atom. The van der Waals surface area contributed by atoms with Crippen molar-refractivity contribution in [1.29, 1.82) is 0 Å². The number of halogens is 1. The molecule has 0 spiro atoms. The smallest absolute Gasteiger partial charge is 0.257 e. The van der Waals surface area contributed by atoms with Crippen LogP contribution in [0.25, 0.3) is 0 Å². The van der Waals surface area contributed by atoms with Gasteiger partial charge in [-0.25, -0.2) is 9.37 Å². The highest BCUT2D eigenvalue weighted by Crippen LogP contribution is 2.20. The summed E-state index contributed by atoms with van der Waals surface area (Å²) in [5.41, 5.74) is 2.59. The Hall–Kier alpha value is -3.41. The van der Waals surface area contributed by atoms with E-state index >= 15 is 0 Å². The molecular formula is C22H23FN4O. The van der Waals surface area contributed by atoms with Gasteiger partial charge in [0.05, 0.1) is 11.3 Å². The van der Waals surface area contributed by atoms with Crippen molar-refractivity contribution in [2.75, 3.05) is 28.6 Å². The summed E-state index contributed by atoms with van der Waals surface area (Å²) in [7, 11) is 0. The predicted molar refractivity (Wildman–Crippen MR) is 112 cm³/mol. The molecule has 2 aromatic carbocycles. The Labute approximate surface area is 164 Å². The van der Waals surface area contributed by atoms with E-state index in [-0.39, 0.29) is 11.7 Å². The molecular weight excluding hydrogens is 355 g/mol. The van der Waals surface area contributed by atoms with Crippen molar-refractivity contribution in [1.82, 2.24) is 4.98 Å². The number of rotatable bonds is 7. The molecule has 5 nitrogen and oxygen atoms in total. The van der Waals surface area contributed by atoms with Crippen LogP contribution in [0.5, 0.6) is 0 Å². The number of pyridine rings is 1. The van der Waals surface area contributed by atoms with Gasteiger partial charge in [0, 0.05) is 30.7 Å². The lowest BCUT2D eigenvalue weighted by atomic mass is 10.2. The van der Waals surface area contributed by atoms with Crippen LogP contribution in [0.15, 0.2) is 66.9 Å². The van der Waals surface area contributed by atoms with Gasteiger partial charge in [0.15, 0.2) is 0 Å². The van der Waals surface area contributed by atoms with E-state index in [4.69, 9.17) is 0 Å². The van der Waals surface area contributed by atoms with Crippen LogP contribution < -0.4 is 15.5 Å².